The second-order valence-electron chi connectivity index (χ2n) is 6.64. The molecule has 0 radical (unpaired) electrons. The van der Waals surface area contributed by atoms with Crippen molar-refractivity contribution < 1.29 is 26.3 Å². The summed E-state index contributed by atoms with van der Waals surface area (Å²) in [6.07, 6.45) is 0. The summed E-state index contributed by atoms with van der Waals surface area (Å²) in [7, 11) is -3.58. The Labute approximate surface area is 185 Å². The number of nitrogens with one attached hydrogen (secondary N) is 2. The Bertz CT molecular complexity index is 1330. The zero-order chi connectivity index (χ0) is 23.7. The van der Waals surface area contributed by atoms with Gasteiger partial charge < -0.3 is 9.47 Å². The zero-order valence-electron chi connectivity index (χ0n) is 17.9. The lowest BCUT2D eigenvalue weighted by atomic mass is 10.3. The highest BCUT2D eigenvalue weighted by atomic mass is 32.2. The number of methoxy groups -OCH3 is 2. The Balaban J connectivity index is 1.83. The van der Waals surface area contributed by atoms with Crippen LogP contribution in [0.3, 0.4) is 0 Å². The van der Waals surface area contributed by atoms with Gasteiger partial charge in [-0.15, -0.1) is 0 Å². The molecule has 0 saturated heterocycles. The number of ether oxygens (including phenoxy) is 2. The fourth-order valence-electron chi connectivity index (χ4n) is 2.90. The SMILES string of the molecule is COc1cc(NS(=O)(=O)c2ccc(NS(=O)(=O)c3c(C)nn(C)c3C)cc2)nc(OC)n1. The first-order valence-corrected chi connectivity index (χ1v) is 12.1. The summed E-state index contributed by atoms with van der Waals surface area (Å²) in [5.41, 5.74) is 1.03. The number of aromatic nitrogens is 4. The van der Waals surface area contributed by atoms with Gasteiger partial charge in [-0.25, -0.2) is 16.8 Å². The lowest BCUT2D eigenvalue weighted by Crippen LogP contribution is -2.16. The van der Waals surface area contributed by atoms with Crippen LogP contribution in [0.5, 0.6) is 11.9 Å². The molecule has 0 amide bonds. The van der Waals surface area contributed by atoms with E-state index in [0.717, 1.165) is 0 Å². The lowest BCUT2D eigenvalue weighted by Gasteiger charge is -2.11. The highest BCUT2D eigenvalue weighted by molar-refractivity contribution is 7.93. The van der Waals surface area contributed by atoms with Gasteiger partial charge in [0.1, 0.15) is 4.90 Å². The molecule has 0 fully saturated rings. The minimum absolute atomic E-state index is 0.0546. The average Bonchev–Trinajstić information content (AvgIpc) is 2.99. The van der Waals surface area contributed by atoms with Gasteiger partial charge >= 0.3 is 6.01 Å². The molecule has 2 N–H and O–H groups in total. The molecule has 0 unspecified atom stereocenters. The number of sulfonamides is 2. The monoisotopic (exact) mass is 482 g/mol. The van der Waals surface area contributed by atoms with Gasteiger partial charge in [-0.1, -0.05) is 0 Å². The first-order chi connectivity index (χ1) is 15.0. The second kappa shape index (κ2) is 8.63. The van der Waals surface area contributed by atoms with Crippen molar-refractivity contribution in [3.63, 3.8) is 0 Å². The third kappa shape index (κ3) is 4.75. The van der Waals surface area contributed by atoms with Crippen LogP contribution in [-0.4, -0.2) is 50.8 Å². The first-order valence-electron chi connectivity index (χ1n) is 9.10. The fraction of sp³-hybridized carbons (Fsp3) is 0.278. The normalized spacial score (nSPS) is 11.8. The Morgan fingerprint density at radius 1 is 0.906 bits per heavy atom. The summed E-state index contributed by atoms with van der Waals surface area (Å²) in [6, 6.07) is 6.43. The summed E-state index contributed by atoms with van der Waals surface area (Å²) in [4.78, 5) is 7.79. The molecule has 0 atom stereocenters. The zero-order valence-corrected chi connectivity index (χ0v) is 19.6. The summed E-state index contributed by atoms with van der Waals surface area (Å²) < 4.78 is 67.1. The molecule has 1 aromatic carbocycles. The van der Waals surface area contributed by atoms with Gasteiger partial charge in [-0.3, -0.25) is 14.1 Å². The van der Waals surface area contributed by atoms with Crippen molar-refractivity contribution in [2.45, 2.75) is 23.6 Å². The second-order valence-corrected chi connectivity index (χ2v) is 9.94. The largest absolute Gasteiger partial charge is 0.481 e. The number of hydrogen-bond acceptors (Lipinski definition) is 9. The van der Waals surface area contributed by atoms with E-state index in [2.05, 4.69) is 24.5 Å². The maximum atomic E-state index is 12.8. The predicted octanol–water partition coefficient (Wildman–Crippen LogP) is 1.45. The molecule has 14 heteroatoms. The Hall–Kier alpha value is -3.39. The molecule has 2 heterocycles. The maximum Gasteiger partial charge on any atom is 0.321 e. The van der Waals surface area contributed by atoms with Gasteiger partial charge in [-0.2, -0.15) is 15.1 Å². The van der Waals surface area contributed by atoms with Gasteiger partial charge in [0.15, 0.2) is 5.82 Å². The van der Waals surface area contributed by atoms with Gasteiger partial charge in [0.05, 0.1) is 30.5 Å². The van der Waals surface area contributed by atoms with E-state index in [1.807, 2.05) is 0 Å². The molecule has 2 aromatic heterocycles. The maximum absolute atomic E-state index is 12.8. The number of hydrogen-bond donors (Lipinski definition) is 2. The molecular formula is C18H22N6O6S2. The Morgan fingerprint density at radius 2 is 1.56 bits per heavy atom. The lowest BCUT2D eigenvalue weighted by molar-refractivity contribution is 0.353. The molecule has 0 spiro atoms. The summed E-state index contributed by atoms with van der Waals surface area (Å²) in [5.74, 6) is 0.0568. The van der Waals surface area contributed by atoms with E-state index in [4.69, 9.17) is 9.47 Å². The van der Waals surface area contributed by atoms with Crippen molar-refractivity contribution in [2.75, 3.05) is 23.7 Å². The van der Waals surface area contributed by atoms with E-state index in [1.54, 1.807) is 20.9 Å². The van der Waals surface area contributed by atoms with Crippen LogP contribution < -0.4 is 18.9 Å². The highest BCUT2D eigenvalue weighted by Gasteiger charge is 2.24. The number of benzene rings is 1. The Kier molecular flexibility index (Phi) is 6.27. The predicted molar refractivity (Wildman–Crippen MR) is 116 cm³/mol. The smallest absolute Gasteiger partial charge is 0.321 e. The molecule has 0 bridgehead atoms. The molecule has 0 aliphatic carbocycles. The highest BCUT2D eigenvalue weighted by Crippen LogP contribution is 2.24. The van der Waals surface area contributed by atoms with Crippen LogP contribution in [0.25, 0.3) is 0 Å². The molecule has 3 rings (SSSR count). The number of rotatable bonds is 8. The fourth-order valence-corrected chi connectivity index (χ4v) is 5.39. The number of aryl methyl sites for hydroxylation is 2. The van der Waals surface area contributed by atoms with Crippen molar-refractivity contribution >= 4 is 31.6 Å². The Morgan fingerprint density at radius 3 is 2.09 bits per heavy atom. The van der Waals surface area contributed by atoms with E-state index in [1.165, 1.54) is 49.2 Å². The van der Waals surface area contributed by atoms with Gasteiger partial charge in [-0.05, 0) is 38.1 Å². The van der Waals surface area contributed by atoms with Crippen LogP contribution in [0.15, 0.2) is 40.1 Å². The van der Waals surface area contributed by atoms with E-state index in [0.29, 0.717) is 11.4 Å². The third-order valence-electron chi connectivity index (χ3n) is 4.44. The molecular weight excluding hydrogens is 460 g/mol. The summed E-state index contributed by atoms with van der Waals surface area (Å²) in [5, 5.41) is 4.11. The van der Waals surface area contributed by atoms with E-state index < -0.39 is 20.0 Å². The average molecular weight is 483 g/mol. The van der Waals surface area contributed by atoms with Gasteiger partial charge in [0, 0.05) is 18.8 Å². The van der Waals surface area contributed by atoms with Crippen molar-refractivity contribution in [1.29, 1.82) is 0 Å². The van der Waals surface area contributed by atoms with Crippen LogP contribution in [-0.2, 0) is 27.1 Å². The van der Waals surface area contributed by atoms with Gasteiger partial charge in [0.2, 0.25) is 5.88 Å². The number of anilines is 2. The van der Waals surface area contributed by atoms with Crippen LogP contribution in [0, 0.1) is 13.8 Å². The molecule has 3 aromatic rings. The van der Waals surface area contributed by atoms with E-state index >= 15 is 0 Å². The quantitative estimate of drug-likeness (QED) is 0.485. The van der Waals surface area contributed by atoms with E-state index in [9.17, 15) is 16.8 Å². The van der Waals surface area contributed by atoms with Crippen molar-refractivity contribution in [3.05, 3.63) is 41.7 Å². The van der Waals surface area contributed by atoms with Crippen LogP contribution in [0.1, 0.15) is 11.4 Å². The summed E-state index contributed by atoms with van der Waals surface area (Å²) in [6.45, 7) is 3.24. The molecule has 32 heavy (non-hydrogen) atoms. The standard InChI is InChI=1S/C18H22N6O6S2/c1-11-17(12(2)24(3)21-11)32(27,28)22-13-6-8-14(9-7-13)31(25,26)23-15-10-16(29-4)20-18(19-15)30-5/h6-10,22H,1-5H3,(H,19,20,23). The van der Waals surface area contributed by atoms with Crippen LogP contribution >= 0.6 is 0 Å². The van der Waals surface area contributed by atoms with E-state index in [-0.39, 0.29) is 33.2 Å². The molecule has 12 nitrogen and oxygen atoms in total. The van der Waals surface area contributed by atoms with Gasteiger partial charge in [0.25, 0.3) is 20.0 Å². The minimum Gasteiger partial charge on any atom is -0.481 e. The molecule has 0 saturated carbocycles. The molecule has 0 aliphatic heterocycles. The third-order valence-corrected chi connectivity index (χ3v) is 7.44. The van der Waals surface area contributed by atoms with Crippen LogP contribution in [0.2, 0.25) is 0 Å². The van der Waals surface area contributed by atoms with Crippen molar-refractivity contribution in [2.24, 2.45) is 7.05 Å². The molecule has 172 valence electrons. The topological polar surface area (TPSA) is 154 Å². The van der Waals surface area contributed by atoms with Crippen molar-refractivity contribution in [1.82, 2.24) is 19.7 Å². The first kappa shape index (κ1) is 23.3. The summed E-state index contributed by atoms with van der Waals surface area (Å²) >= 11 is 0. The minimum atomic E-state index is -4.03. The number of nitrogens with zero attached hydrogens (tertiary/aromatic N) is 4. The molecule has 0 aliphatic rings. The van der Waals surface area contributed by atoms with Crippen molar-refractivity contribution in [3.8, 4) is 11.9 Å². The van der Waals surface area contributed by atoms with Crippen LogP contribution in [0.4, 0.5) is 11.5 Å².